The van der Waals surface area contributed by atoms with Crippen LogP contribution in [0.5, 0.6) is 0 Å². The maximum atomic E-state index is 2.38. The van der Waals surface area contributed by atoms with Crippen molar-refractivity contribution in [1.82, 2.24) is 4.90 Å². The lowest BCUT2D eigenvalue weighted by Crippen LogP contribution is -2.21. The van der Waals surface area contributed by atoms with Crippen LogP contribution in [-0.2, 0) is 0 Å². The molecule has 2 rings (SSSR count). The molecule has 0 saturated heterocycles. The molecule has 0 aromatic heterocycles. The molecule has 1 aliphatic heterocycles. The molecule has 0 amide bonds. The molecule has 1 aliphatic rings. The summed E-state index contributed by atoms with van der Waals surface area (Å²) in [5, 5.41) is 0. The first-order valence-corrected chi connectivity index (χ1v) is 6.27. The number of nitrogens with zero attached hydrogens (tertiary/aromatic N) is 1. The van der Waals surface area contributed by atoms with Crippen molar-refractivity contribution in [3.8, 4) is 0 Å². The van der Waals surface area contributed by atoms with Crippen molar-refractivity contribution in [2.24, 2.45) is 5.92 Å². The number of hydrogen-bond donors (Lipinski definition) is 0. The average molecular weight is 227 g/mol. The van der Waals surface area contributed by atoms with Crippen LogP contribution >= 0.6 is 0 Å². The predicted octanol–water partition coefficient (Wildman–Crippen LogP) is 4.08. The molecule has 0 saturated carbocycles. The van der Waals surface area contributed by atoms with E-state index in [2.05, 4.69) is 75.3 Å². The van der Waals surface area contributed by atoms with E-state index >= 15 is 0 Å². The quantitative estimate of drug-likeness (QED) is 0.736. The Kier molecular flexibility index (Phi) is 3.37. The second-order valence-corrected chi connectivity index (χ2v) is 5.10. The van der Waals surface area contributed by atoms with E-state index in [0.717, 1.165) is 0 Å². The van der Waals surface area contributed by atoms with Gasteiger partial charge in [-0.1, -0.05) is 44.2 Å². The minimum atomic E-state index is 0.374. The Labute approximate surface area is 104 Å². The molecule has 0 bridgehead atoms. The lowest BCUT2D eigenvalue weighted by molar-refractivity contribution is 0.383. The Balaban J connectivity index is 2.38. The van der Waals surface area contributed by atoms with Crippen LogP contribution in [0.1, 0.15) is 31.0 Å². The van der Waals surface area contributed by atoms with Crippen molar-refractivity contribution < 1.29 is 0 Å². The highest BCUT2D eigenvalue weighted by Gasteiger charge is 2.18. The van der Waals surface area contributed by atoms with Gasteiger partial charge in [-0.3, -0.25) is 0 Å². The van der Waals surface area contributed by atoms with Gasteiger partial charge in [0.25, 0.3) is 0 Å². The molecule has 17 heavy (non-hydrogen) atoms. The van der Waals surface area contributed by atoms with E-state index in [0.29, 0.717) is 12.0 Å². The zero-order valence-corrected chi connectivity index (χ0v) is 11.1. The largest absolute Gasteiger partial charge is 0.370 e. The van der Waals surface area contributed by atoms with Crippen LogP contribution in [-0.4, -0.2) is 11.9 Å². The highest BCUT2D eigenvalue weighted by Crippen LogP contribution is 2.30. The summed E-state index contributed by atoms with van der Waals surface area (Å²) in [6, 6.07) is 9.01. The third-order valence-electron chi connectivity index (χ3n) is 3.46. The van der Waals surface area contributed by atoms with Gasteiger partial charge in [-0.25, -0.2) is 0 Å². The molecule has 0 unspecified atom stereocenters. The molecule has 0 radical (unpaired) electrons. The monoisotopic (exact) mass is 227 g/mol. The van der Waals surface area contributed by atoms with Crippen molar-refractivity contribution in [3.63, 3.8) is 0 Å². The highest BCUT2D eigenvalue weighted by molar-refractivity contribution is 5.37. The van der Waals surface area contributed by atoms with Gasteiger partial charge in [0, 0.05) is 7.05 Å². The van der Waals surface area contributed by atoms with E-state index in [1.54, 1.807) is 0 Å². The molecule has 1 heterocycles. The fourth-order valence-electron chi connectivity index (χ4n) is 2.26. The molecule has 0 N–H and O–H groups in total. The molecule has 1 aromatic carbocycles. The summed E-state index contributed by atoms with van der Waals surface area (Å²) in [4.78, 5) is 2.27. The fraction of sp³-hybridized carbons (Fsp3) is 0.375. The van der Waals surface area contributed by atoms with E-state index in [4.69, 9.17) is 0 Å². The van der Waals surface area contributed by atoms with Crippen LogP contribution in [0.4, 0.5) is 0 Å². The van der Waals surface area contributed by atoms with E-state index in [1.807, 2.05) is 0 Å². The van der Waals surface area contributed by atoms with Crippen LogP contribution in [0.2, 0.25) is 0 Å². The first-order valence-electron chi connectivity index (χ1n) is 6.27. The lowest BCUT2D eigenvalue weighted by atomic mass is 9.92. The SMILES string of the molecule is Cc1ccccc1[C@H]1C=C(C(C)C)C=CN1C. The summed E-state index contributed by atoms with van der Waals surface area (Å²) in [5.41, 5.74) is 4.19. The third kappa shape index (κ3) is 2.44. The third-order valence-corrected chi connectivity index (χ3v) is 3.46. The average Bonchev–Trinajstić information content (AvgIpc) is 2.30. The summed E-state index contributed by atoms with van der Waals surface area (Å²) in [5.74, 6) is 0.589. The first kappa shape index (κ1) is 12.0. The highest BCUT2D eigenvalue weighted by atomic mass is 15.1. The normalized spacial score (nSPS) is 19.7. The molecular weight excluding hydrogens is 206 g/mol. The van der Waals surface area contributed by atoms with Crippen molar-refractivity contribution in [3.05, 3.63) is 59.3 Å². The molecular formula is C16H21N. The number of aryl methyl sites for hydroxylation is 1. The second kappa shape index (κ2) is 4.79. The topological polar surface area (TPSA) is 3.24 Å². The van der Waals surface area contributed by atoms with Gasteiger partial charge in [0.05, 0.1) is 6.04 Å². The molecule has 1 aromatic rings. The van der Waals surface area contributed by atoms with E-state index < -0.39 is 0 Å². The fourth-order valence-corrected chi connectivity index (χ4v) is 2.26. The van der Waals surface area contributed by atoms with Crippen molar-refractivity contribution in [2.45, 2.75) is 26.8 Å². The molecule has 1 atom stereocenters. The van der Waals surface area contributed by atoms with Gasteiger partial charge in [-0.2, -0.15) is 0 Å². The van der Waals surface area contributed by atoms with Gasteiger partial charge < -0.3 is 4.90 Å². The van der Waals surface area contributed by atoms with Gasteiger partial charge in [0.1, 0.15) is 0 Å². The lowest BCUT2D eigenvalue weighted by Gasteiger charge is -2.30. The smallest absolute Gasteiger partial charge is 0.0726 e. The Bertz CT molecular complexity index is 454. The van der Waals surface area contributed by atoms with E-state index in [1.165, 1.54) is 16.7 Å². The Morgan fingerprint density at radius 3 is 2.53 bits per heavy atom. The Hall–Kier alpha value is -1.50. The summed E-state index contributed by atoms with van der Waals surface area (Å²) in [7, 11) is 2.14. The van der Waals surface area contributed by atoms with E-state index in [-0.39, 0.29) is 0 Å². The van der Waals surface area contributed by atoms with Crippen molar-refractivity contribution in [2.75, 3.05) is 7.05 Å². The Morgan fingerprint density at radius 1 is 1.18 bits per heavy atom. The number of hydrogen-bond acceptors (Lipinski definition) is 1. The zero-order chi connectivity index (χ0) is 12.4. The summed E-state index contributed by atoms with van der Waals surface area (Å²) < 4.78 is 0. The zero-order valence-electron chi connectivity index (χ0n) is 11.1. The van der Waals surface area contributed by atoms with Gasteiger partial charge in [-0.15, -0.1) is 0 Å². The van der Waals surface area contributed by atoms with Crippen LogP contribution in [0.3, 0.4) is 0 Å². The first-order chi connectivity index (χ1) is 8.09. The number of rotatable bonds is 2. The van der Waals surface area contributed by atoms with Crippen molar-refractivity contribution in [1.29, 1.82) is 0 Å². The van der Waals surface area contributed by atoms with Crippen LogP contribution in [0, 0.1) is 12.8 Å². The van der Waals surface area contributed by atoms with Crippen LogP contribution in [0.25, 0.3) is 0 Å². The number of benzene rings is 1. The molecule has 1 nitrogen and oxygen atoms in total. The Morgan fingerprint density at radius 2 is 1.88 bits per heavy atom. The maximum absolute atomic E-state index is 2.38. The van der Waals surface area contributed by atoms with Gasteiger partial charge in [-0.05, 0) is 41.8 Å². The number of likely N-dealkylation sites (N-methyl/N-ethyl adjacent to an activating group) is 1. The van der Waals surface area contributed by atoms with Gasteiger partial charge in [0.2, 0.25) is 0 Å². The summed E-state index contributed by atoms with van der Waals surface area (Å²) >= 11 is 0. The molecule has 0 aliphatic carbocycles. The predicted molar refractivity (Wildman–Crippen MR) is 73.7 cm³/mol. The minimum Gasteiger partial charge on any atom is -0.370 e. The number of allylic oxidation sites excluding steroid dienone is 2. The van der Waals surface area contributed by atoms with Gasteiger partial charge in [0.15, 0.2) is 0 Å². The minimum absolute atomic E-state index is 0.374. The molecule has 0 fully saturated rings. The maximum Gasteiger partial charge on any atom is 0.0726 e. The van der Waals surface area contributed by atoms with Crippen molar-refractivity contribution >= 4 is 0 Å². The van der Waals surface area contributed by atoms with E-state index in [9.17, 15) is 0 Å². The second-order valence-electron chi connectivity index (χ2n) is 5.10. The molecule has 90 valence electrons. The van der Waals surface area contributed by atoms with Crippen LogP contribution in [0.15, 0.2) is 48.2 Å². The van der Waals surface area contributed by atoms with Crippen LogP contribution < -0.4 is 0 Å². The summed E-state index contributed by atoms with van der Waals surface area (Å²) in [6.45, 7) is 6.68. The molecule has 0 spiro atoms. The summed E-state index contributed by atoms with van der Waals surface area (Å²) in [6.07, 6.45) is 6.79. The standard InChI is InChI=1S/C16H21N/c1-12(2)14-9-10-17(4)16(11-14)15-8-6-5-7-13(15)3/h5-12,16H,1-4H3/t16-/m1/s1. The molecule has 1 heteroatoms. The van der Waals surface area contributed by atoms with Gasteiger partial charge >= 0.3 is 0 Å².